The molecule has 1 fully saturated rings. The molecule has 0 saturated heterocycles. The van der Waals surface area contributed by atoms with Gasteiger partial charge in [0, 0.05) is 45.0 Å². The van der Waals surface area contributed by atoms with Crippen LogP contribution in [0, 0.1) is 5.92 Å². The van der Waals surface area contributed by atoms with E-state index in [1.165, 1.54) is 38.5 Å². The summed E-state index contributed by atoms with van der Waals surface area (Å²) in [5, 5.41) is 6.57. The maximum Gasteiger partial charge on any atom is 0.241 e. The Bertz CT molecular complexity index is 598. The fraction of sp³-hybridized carbons (Fsp3) is 0.682. The Balaban J connectivity index is 1.64. The third-order valence-electron chi connectivity index (χ3n) is 5.60. The van der Waals surface area contributed by atoms with Crippen molar-refractivity contribution in [3.63, 3.8) is 0 Å². The van der Waals surface area contributed by atoms with E-state index in [0.29, 0.717) is 18.5 Å². The summed E-state index contributed by atoms with van der Waals surface area (Å²) in [6.07, 6.45) is 11.9. The first kappa shape index (κ1) is 22.2. The normalized spacial score (nSPS) is 16.5. The largest absolute Gasteiger partial charge is 0.354 e. The highest BCUT2D eigenvalue weighted by molar-refractivity contribution is 5.86. The van der Waals surface area contributed by atoms with Crippen LogP contribution in [0.2, 0.25) is 0 Å². The van der Waals surface area contributed by atoms with Crippen LogP contribution in [0.3, 0.4) is 0 Å². The second kappa shape index (κ2) is 12.4. The predicted octanol–water partition coefficient (Wildman–Crippen LogP) is 3.00. The molecule has 1 aromatic heterocycles. The minimum absolute atomic E-state index is 0.0498. The van der Waals surface area contributed by atoms with Gasteiger partial charge in [0.05, 0.1) is 6.54 Å². The highest BCUT2D eigenvalue weighted by Crippen LogP contribution is 2.27. The van der Waals surface area contributed by atoms with Gasteiger partial charge in [0.15, 0.2) is 5.96 Å². The number of nitrogens with zero attached hydrogens (tertiary/aromatic N) is 3. The van der Waals surface area contributed by atoms with E-state index in [-0.39, 0.29) is 12.5 Å². The van der Waals surface area contributed by atoms with Crippen LogP contribution in [0.25, 0.3) is 0 Å². The number of guanidine groups is 1. The molecule has 2 N–H and O–H groups in total. The van der Waals surface area contributed by atoms with Crippen LogP contribution in [0.5, 0.6) is 0 Å². The zero-order valence-corrected chi connectivity index (χ0v) is 17.8. The number of aromatic nitrogens is 1. The van der Waals surface area contributed by atoms with Crippen LogP contribution in [0.4, 0.5) is 0 Å². The lowest BCUT2D eigenvalue weighted by Crippen LogP contribution is -2.46. The molecule has 1 aromatic rings. The minimum Gasteiger partial charge on any atom is -0.354 e. The van der Waals surface area contributed by atoms with Gasteiger partial charge in [-0.3, -0.25) is 14.8 Å². The first-order valence-corrected chi connectivity index (χ1v) is 10.7. The standard InChI is InChI=1S/C22H37N5O/c1-18(12-13-19-9-5-4-6-10-19)26-22(23-2)25-17-21(28)27(3)16-14-20-11-7-8-15-24-20/h7-8,11,15,18-19H,4-6,9-10,12-14,16-17H2,1-3H3,(H2,23,25,26). The van der Waals surface area contributed by atoms with E-state index < -0.39 is 0 Å². The maximum absolute atomic E-state index is 12.4. The van der Waals surface area contributed by atoms with Crippen molar-refractivity contribution < 1.29 is 4.79 Å². The second-order valence-corrected chi connectivity index (χ2v) is 7.94. The number of nitrogens with one attached hydrogen (secondary N) is 2. The molecule has 2 rings (SSSR count). The van der Waals surface area contributed by atoms with Gasteiger partial charge in [-0.05, 0) is 37.8 Å². The van der Waals surface area contributed by atoms with Crippen LogP contribution in [0.1, 0.15) is 57.6 Å². The van der Waals surface area contributed by atoms with Crippen molar-refractivity contribution >= 4 is 11.9 Å². The van der Waals surface area contributed by atoms with Gasteiger partial charge < -0.3 is 15.5 Å². The lowest BCUT2D eigenvalue weighted by molar-refractivity contribution is -0.128. The van der Waals surface area contributed by atoms with Crippen molar-refractivity contribution in [3.05, 3.63) is 30.1 Å². The maximum atomic E-state index is 12.4. The molecule has 6 heteroatoms. The van der Waals surface area contributed by atoms with E-state index in [1.54, 1.807) is 18.1 Å². The summed E-state index contributed by atoms with van der Waals surface area (Å²) in [5.41, 5.74) is 0.999. The smallest absolute Gasteiger partial charge is 0.241 e. The number of aliphatic imine (C=N–C) groups is 1. The highest BCUT2D eigenvalue weighted by Gasteiger charge is 2.15. The summed E-state index contributed by atoms with van der Waals surface area (Å²) < 4.78 is 0. The average molecular weight is 388 g/mol. The van der Waals surface area contributed by atoms with Gasteiger partial charge in [0.25, 0.3) is 0 Å². The number of hydrogen-bond acceptors (Lipinski definition) is 3. The van der Waals surface area contributed by atoms with Gasteiger partial charge in [-0.25, -0.2) is 0 Å². The number of hydrogen-bond donors (Lipinski definition) is 2. The quantitative estimate of drug-likeness (QED) is 0.505. The summed E-state index contributed by atoms with van der Waals surface area (Å²) in [4.78, 5) is 22.7. The zero-order valence-electron chi connectivity index (χ0n) is 17.8. The third-order valence-corrected chi connectivity index (χ3v) is 5.60. The van der Waals surface area contributed by atoms with Crippen molar-refractivity contribution in [2.75, 3.05) is 27.2 Å². The Morgan fingerprint density at radius 1 is 1.32 bits per heavy atom. The first-order valence-electron chi connectivity index (χ1n) is 10.7. The molecule has 0 spiro atoms. The Labute approximate surface area is 170 Å². The van der Waals surface area contributed by atoms with Crippen LogP contribution >= 0.6 is 0 Å². The van der Waals surface area contributed by atoms with Crippen LogP contribution in [-0.2, 0) is 11.2 Å². The van der Waals surface area contributed by atoms with E-state index in [4.69, 9.17) is 0 Å². The molecule has 6 nitrogen and oxygen atoms in total. The lowest BCUT2D eigenvalue weighted by atomic mass is 9.85. The summed E-state index contributed by atoms with van der Waals surface area (Å²) in [5.74, 6) is 1.64. The topological polar surface area (TPSA) is 69.6 Å². The van der Waals surface area contributed by atoms with Gasteiger partial charge in [0.2, 0.25) is 5.91 Å². The van der Waals surface area contributed by atoms with Gasteiger partial charge in [-0.1, -0.05) is 38.2 Å². The molecule has 1 heterocycles. The van der Waals surface area contributed by atoms with Gasteiger partial charge in [-0.2, -0.15) is 0 Å². The number of carbonyl (C=O) groups is 1. The molecule has 156 valence electrons. The molecular weight excluding hydrogens is 350 g/mol. The Kier molecular flexibility index (Phi) is 9.80. The monoisotopic (exact) mass is 387 g/mol. The van der Waals surface area contributed by atoms with Crippen molar-refractivity contribution in [2.24, 2.45) is 10.9 Å². The molecule has 0 bridgehead atoms. The second-order valence-electron chi connectivity index (χ2n) is 7.94. The van der Waals surface area contributed by atoms with E-state index in [9.17, 15) is 4.79 Å². The summed E-state index contributed by atoms with van der Waals surface area (Å²) in [6, 6.07) is 6.20. The van der Waals surface area contributed by atoms with E-state index in [0.717, 1.165) is 24.5 Å². The molecule has 1 aliphatic rings. The lowest BCUT2D eigenvalue weighted by Gasteiger charge is -2.24. The molecule has 28 heavy (non-hydrogen) atoms. The number of pyridine rings is 1. The summed E-state index contributed by atoms with van der Waals surface area (Å²) in [6.45, 7) is 3.09. The van der Waals surface area contributed by atoms with Crippen LogP contribution in [0.15, 0.2) is 29.4 Å². The summed E-state index contributed by atoms with van der Waals surface area (Å²) >= 11 is 0. The van der Waals surface area contributed by atoms with Crippen molar-refractivity contribution in [1.29, 1.82) is 0 Å². The van der Waals surface area contributed by atoms with Gasteiger partial charge in [-0.15, -0.1) is 0 Å². The van der Waals surface area contributed by atoms with E-state index in [2.05, 4.69) is 27.5 Å². The predicted molar refractivity (Wildman–Crippen MR) is 115 cm³/mol. The Hall–Kier alpha value is -2.11. The fourth-order valence-electron chi connectivity index (χ4n) is 3.71. The molecule has 1 aliphatic carbocycles. The minimum atomic E-state index is 0.0498. The molecule has 0 aliphatic heterocycles. The molecule has 1 amide bonds. The number of carbonyl (C=O) groups excluding carboxylic acids is 1. The SMILES string of the molecule is CN=C(NCC(=O)N(C)CCc1ccccn1)NC(C)CCC1CCCCC1. The Morgan fingerprint density at radius 2 is 2.11 bits per heavy atom. The molecule has 1 unspecified atom stereocenters. The molecule has 1 saturated carbocycles. The molecular formula is C22H37N5O. The van der Waals surface area contributed by atoms with Crippen molar-refractivity contribution in [2.45, 2.75) is 64.3 Å². The number of amides is 1. The van der Waals surface area contributed by atoms with Crippen LogP contribution < -0.4 is 10.6 Å². The van der Waals surface area contributed by atoms with E-state index >= 15 is 0 Å². The number of likely N-dealkylation sites (N-methyl/N-ethyl adjacent to an activating group) is 1. The van der Waals surface area contributed by atoms with E-state index in [1.807, 2.05) is 25.2 Å². The molecule has 0 aromatic carbocycles. The summed E-state index contributed by atoms with van der Waals surface area (Å²) in [7, 11) is 3.58. The Morgan fingerprint density at radius 3 is 2.79 bits per heavy atom. The number of rotatable bonds is 9. The fourth-order valence-corrected chi connectivity index (χ4v) is 3.71. The molecule has 1 atom stereocenters. The van der Waals surface area contributed by atoms with Crippen LogP contribution in [-0.4, -0.2) is 55.0 Å². The third kappa shape index (κ3) is 8.28. The average Bonchev–Trinajstić information content (AvgIpc) is 2.74. The van der Waals surface area contributed by atoms with Crippen molar-refractivity contribution in [1.82, 2.24) is 20.5 Å². The first-order chi connectivity index (χ1) is 13.6. The highest BCUT2D eigenvalue weighted by atomic mass is 16.2. The van der Waals surface area contributed by atoms with Gasteiger partial charge in [0.1, 0.15) is 0 Å². The van der Waals surface area contributed by atoms with Gasteiger partial charge >= 0.3 is 0 Å². The zero-order chi connectivity index (χ0) is 20.2. The molecule has 0 radical (unpaired) electrons. The van der Waals surface area contributed by atoms with Crippen molar-refractivity contribution in [3.8, 4) is 0 Å².